The highest BCUT2D eigenvalue weighted by Crippen LogP contribution is 2.16. The van der Waals surface area contributed by atoms with Gasteiger partial charge >= 0.3 is 0 Å². The van der Waals surface area contributed by atoms with Crippen molar-refractivity contribution in [2.45, 2.75) is 46.1 Å². The third-order valence-electron chi connectivity index (χ3n) is 3.04. The second-order valence-electron chi connectivity index (χ2n) is 5.86. The molecule has 3 heteroatoms. The first kappa shape index (κ1) is 13.7. The van der Waals surface area contributed by atoms with Crippen LogP contribution in [0.2, 0.25) is 0 Å². The average molecular weight is 227 g/mol. The predicted octanol–water partition coefficient (Wildman–Crippen LogP) is 2.10. The van der Waals surface area contributed by atoms with Crippen LogP contribution < -0.4 is 0 Å². The average Bonchev–Trinajstić information content (AvgIpc) is 2.17. The third kappa shape index (κ3) is 4.62. The highest BCUT2D eigenvalue weighted by Gasteiger charge is 2.23. The van der Waals surface area contributed by atoms with E-state index >= 15 is 0 Å². The monoisotopic (exact) mass is 227 g/mol. The molecule has 0 spiro atoms. The van der Waals surface area contributed by atoms with E-state index in [9.17, 15) is 4.79 Å². The first-order valence-corrected chi connectivity index (χ1v) is 6.23. The maximum absolute atomic E-state index is 11.8. The number of likely N-dealkylation sites (N-methyl/N-ethyl adjacent to an activating group) is 1. The van der Waals surface area contributed by atoms with Crippen molar-refractivity contribution in [2.75, 3.05) is 26.7 Å². The van der Waals surface area contributed by atoms with Gasteiger partial charge in [-0.15, -0.1) is 0 Å². The van der Waals surface area contributed by atoms with Gasteiger partial charge < -0.3 is 4.74 Å². The lowest BCUT2D eigenvalue weighted by atomic mass is 9.90. The molecule has 94 valence electrons. The van der Waals surface area contributed by atoms with Crippen molar-refractivity contribution in [2.24, 2.45) is 5.41 Å². The number of hydrogen-bond acceptors (Lipinski definition) is 3. The molecule has 1 heterocycles. The fourth-order valence-corrected chi connectivity index (χ4v) is 1.85. The Bertz CT molecular complexity index is 227. The first-order valence-electron chi connectivity index (χ1n) is 6.23. The first-order chi connectivity index (χ1) is 7.39. The van der Waals surface area contributed by atoms with Gasteiger partial charge in [0.15, 0.2) is 5.78 Å². The van der Waals surface area contributed by atoms with Gasteiger partial charge in [-0.3, -0.25) is 9.69 Å². The molecular formula is C13H25NO2. The van der Waals surface area contributed by atoms with E-state index in [1.165, 1.54) is 12.8 Å². The van der Waals surface area contributed by atoms with Gasteiger partial charge in [0.2, 0.25) is 0 Å². The number of Topliss-reactive ketones (excluding diaryl/α,β-unsaturated/α-hetero) is 1. The molecule has 0 aliphatic carbocycles. The van der Waals surface area contributed by atoms with E-state index in [0.29, 0.717) is 18.4 Å². The summed E-state index contributed by atoms with van der Waals surface area (Å²) < 4.78 is 5.66. The molecule has 0 saturated carbocycles. The molecule has 0 bridgehead atoms. The normalized spacial score (nSPS) is 22.4. The van der Waals surface area contributed by atoms with Gasteiger partial charge in [0.25, 0.3) is 0 Å². The minimum Gasteiger partial charge on any atom is -0.377 e. The molecule has 0 amide bonds. The molecule has 1 aliphatic rings. The summed E-state index contributed by atoms with van der Waals surface area (Å²) in [5, 5.41) is 0. The van der Waals surface area contributed by atoms with Gasteiger partial charge in [0, 0.05) is 18.6 Å². The van der Waals surface area contributed by atoms with E-state index < -0.39 is 0 Å². The molecule has 0 aromatic carbocycles. The van der Waals surface area contributed by atoms with Crippen LogP contribution in [0, 0.1) is 5.41 Å². The summed E-state index contributed by atoms with van der Waals surface area (Å²) in [5.74, 6) is 0.297. The Morgan fingerprint density at radius 3 is 2.56 bits per heavy atom. The molecule has 0 aromatic rings. The lowest BCUT2D eigenvalue weighted by molar-refractivity contribution is -0.127. The molecule has 1 atom stereocenters. The number of carbonyl (C=O) groups excluding carboxylic acids is 1. The fourth-order valence-electron chi connectivity index (χ4n) is 1.85. The molecular weight excluding hydrogens is 202 g/mol. The van der Waals surface area contributed by atoms with Crippen molar-refractivity contribution in [3.05, 3.63) is 0 Å². The highest BCUT2D eigenvalue weighted by molar-refractivity contribution is 5.85. The third-order valence-corrected chi connectivity index (χ3v) is 3.04. The van der Waals surface area contributed by atoms with Crippen molar-refractivity contribution in [1.29, 1.82) is 0 Å². The number of nitrogens with zero attached hydrogens (tertiary/aromatic N) is 1. The summed E-state index contributed by atoms with van der Waals surface area (Å²) in [6.07, 6.45) is 3.90. The van der Waals surface area contributed by atoms with Crippen molar-refractivity contribution in [3.8, 4) is 0 Å². The lowest BCUT2D eigenvalue weighted by Gasteiger charge is -2.28. The largest absolute Gasteiger partial charge is 0.377 e. The van der Waals surface area contributed by atoms with E-state index in [-0.39, 0.29) is 5.41 Å². The number of ether oxygens (including phenoxy) is 1. The van der Waals surface area contributed by atoms with Crippen LogP contribution in [0.3, 0.4) is 0 Å². The quantitative estimate of drug-likeness (QED) is 0.736. The van der Waals surface area contributed by atoms with Crippen LogP contribution in [-0.4, -0.2) is 43.5 Å². The summed E-state index contributed by atoms with van der Waals surface area (Å²) in [6.45, 7) is 8.21. The van der Waals surface area contributed by atoms with Crippen molar-refractivity contribution >= 4 is 5.78 Å². The summed E-state index contributed by atoms with van der Waals surface area (Å²) in [6, 6.07) is 0. The minimum atomic E-state index is -0.234. The van der Waals surface area contributed by atoms with Gasteiger partial charge in [-0.05, 0) is 26.3 Å². The molecule has 16 heavy (non-hydrogen) atoms. The van der Waals surface area contributed by atoms with E-state index in [0.717, 1.165) is 19.6 Å². The molecule has 1 aliphatic heterocycles. The van der Waals surface area contributed by atoms with Crippen molar-refractivity contribution in [1.82, 2.24) is 4.90 Å². The number of ketones is 1. The molecule has 0 N–H and O–H groups in total. The van der Waals surface area contributed by atoms with Gasteiger partial charge in [-0.25, -0.2) is 0 Å². The van der Waals surface area contributed by atoms with Crippen LogP contribution in [0.15, 0.2) is 0 Å². The predicted molar refractivity (Wildman–Crippen MR) is 65.6 cm³/mol. The number of hydrogen-bond donors (Lipinski definition) is 0. The highest BCUT2D eigenvalue weighted by atomic mass is 16.5. The lowest BCUT2D eigenvalue weighted by Crippen LogP contribution is -2.39. The van der Waals surface area contributed by atoms with Gasteiger partial charge in [0.1, 0.15) is 0 Å². The van der Waals surface area contributed by atoms with Crippen LogP contribution >= 0.6 is 0 Å². The van der Waals surface area contributed by atoms with E-state index in [1.54, 1.807) is 0 Å². The molecule has 0 aromatic heterocycles. The Morgan fingerprint density at radius 1 is 1.38 bits per heavy atom. The fraction of sp³-hybridized carbons (Fsp3) is 0.923. The van der Waals surface area contributed by atoms with Crippen molar-refractivity contribution < 1.29 is 9.53 Å². The smallest absolute Gasteiger partial charge is 0.152 e. The molecule has 1 unspecified atom stereocenters. The zero-order valence-corrected chi connectivity index (χ0v) is 11.1. The summed E-state index contributed by atoms with van der Waals surface area (Å²) in [7, 11) is 2.00. The topological polar surface area (TPSA) is 29.5 Å². The number of carbonyl (C=O) groups is 1. The summed E-state index contributed by atoms with van der Waals surface area (Å²) in [4.78, 5) is 13.9. The Morgan fingerprint density at radius 2 is 2.06 bits per heavy atom. The molecule has 0 radical (unpaired) electrons. The van der Waals surface area contributed by atoms with Crippen LogP contribution in [-0.2, 0) is 9.53 Å². The van der Waals surface area contributed by atoms with Gasteiger partial charge in [-0.1, -0.05) is 20.8 Å². The van der Waals surface area contributed by atoms with Crippen LogP contribution in [0.1, 0.15) is 40.0 Å². The summed E-state index contributed by atoms with van der Waals surface area (Å²) in [5.41, 5.74) is -0.234. The minimum absolute atomic E-state index is 0.234. The Labute approximate surface area is 99.1 Å². The molecule has 1 rings (SSSR count). The van der Waals surface area contributed by atoms with Crippen LogP contribution in [0.5, 0.6) is 0 Å². The van der Waals surface area contributed by atoms with Crippen LogP contribution in [0.4, 0.5) is 0 Å². The molecule has 3 nitrogen and oxygen atoms in total. The maximum atomic E-state index is 11.8. The Hall–Kier alpha value is -0.410. The zero-order valence-electron chi connectivity index (χ0n) is 11.1. The van der Waals surface area contributed by atoms with Gasteiger partial charge in [0.05, 0.1) is 12.6 Å². The zero-order chi connectivity index (χ0) is 12.2. The second-order valence-corrected chi connectivity index (χ2v) is 5.86. The Kier molecular flexibility index (Phi) is 4.93. The molecule has 1 saturated heterocycles. The number of rotatable bonds is 4. The second kappa shape index (κ2) is 5.78. The van der Waals surface area contributed by atoms with Crippen molar-refractivity contribution in [3.63, 3.8) is 0 Å². The van der Waals surface area contributed by atoms with E-state index in [2.05, 4.69) is 4.90 Å². The summed E-state index contributed by atoms with van der Waals surface area (Å²) >= 11 is 0. The Balaban J connectivity index is 2.29. The molecule has 1 fully saturated rings. The van der Waals surface area contributed by atoms with Crippen LogP contribution in [0.25, 0.3) is 0 Å². The van der Waals surface area contributed by atoms with Gasteiger partial charge in [-0.2, -0.15) is 0 Å². The standard InChI is InChI=1S/C13H25NO2/c1-13(2,3)12(15)10-14(4)9-11-7-5-6-8-16-11/h11H,5-10H2,1-4H3. The van der Waals surface area contributed by atoms with E-state index in [4.69, 9.17) is 4.74 Å². The van der Waals surface area contributed by atoms with E-state index in [1.807, 2.05) is 27.8 Å². The SMILES string of the molecule is CN(CC(=O)C(C)(C)C)CC1CCCCO1. The maximum Gasteiger partial charge on any atom is 0.152 e.